The molecule has 0 radical (unpaired) electrons. The first-order chi connectivity index (χ1) is 11.5. The molecular formula is C16H22N4O4. The number of hydrogen-bond donors (Lipinski definition) is 1. The molecule has 1 N–H and O–H groups in total. The van der Waals surface area contributed by atoms with Gasteiger partial charge in [-0.2, -0.15) is 0 Å². The zero-order chi connectivity index (χ0) is 17.3. The smallest absolute Gasteiger partial charge is 0.334 e. The van der Waals surface area contributed by atoms with E-state index in [1.807, 2.05) is 0 Å². The van der Waals surface area contributed by atoms with Gasteiger partial charge in [0.05, 0.1) is 11.1 Å². The van der Waals surface area contributed by atoms with E-state index < -0.39 is 16.2 Å². The third kappa shape index (κ3) is 3.33. The van der Waals surface area contributed by atoms with Crippen molar-refractivity contribution in [3.05, 3.63) is 38.8 Å². The zero-order valence-electron chi connectivity index (χ0n) is 13.7. The standard InChI is InChI=1S/C16H22N4O4/c1-11-8-12-4-2-6-18(9-12)15(11)17-14(21)10-19-7-3-5-13(16(19)22)20(23)24/h3,5,7,11-12,15H,2,4,6,8-10H2,1H3,(H,17,21). The van der Waals surface area contributed by atoms with E-state index in [1.165, 1.54) is 18.7 Å². The summed E-state index contributed by atoms with van der Waals surface area (Å²) >= 11 is 0. The number of nitrogens with one attached hydrogen (secondary N) is 1. The van der Waals surface area contributed by atoms with Gasteiger partial charge in [-0.05, 0) is 37.2 Å². The number of fused-ring (bicyclic) bond motifs is 2. The summed E-state index contributed by atoms with van der Waals surface area (Å²) < 4.78 is 1.08. The summed E-state index contributed by atoms with van der Waals surface area (Å²) in [5, 5.41) is 13.8. The molecule has 4 unspecified atom stereocenters. The third-order valence-corrected chi connectivity index (χ3v) is 5.01. The van der Waals surface area contributed by atoms with Crippen LogP contribution in [0.2, 0.25) is 0 Å². The van der Waals surface area contributed by atoms with Crippen molar-refractivity contribution < 1.29 is 9.72 Å². The van der Waals surface area contributed by atoms with Crippen LogP contribution in [0.3, 0.4) is 0 Å². The first-order valence-corrected chi connectivity index (χ1v) is 8.33. The number of piperidine rings is 2. The Bertz CT molecular complexity index is 700. The van der Waals surface area contributed by atoms with Crippen LogP contribution < -0.4 is 10.9 Å². The average Bonchev–Trinajstić information content (AvgIpc) is 2.53. The Labute approximate surface area is 139 Å². The van der Waals surface area contributed by atoms with E-state index in [2.05, 4.69) is 17.1 Å². The Morgan fingerprint density at radius 3 is 3.04 bits per heavy atom. The van der Waals surface area contributed by atoms with Crippen LogP contribution in [0.25, 0.3) is 0 Å². The van der Waals surface area contributed by atoms with Gasteiger partial charge in [0, 0.05) is 25.4 Å². The van der Waals surface area contributed by atoms with Gasteiger partial charge in [-0.25, -0.2) is 0 Å². The Kier molecular flexibility index (Phi) is 4.66. The van der Waals surface area contributed by atoms with Crippen molar-refractivity contribution in [2.75, 3.05) is 13.1 Å². The maximum absolute atomic E-state index is 12.4. The summed E-state index contributed by atoms with van der Waals surface area (Å²) in [6.45, 7) is 3.91. The Morgan fingerprint density at radius 1 is 1.50 bits per heavy atom. The maximum Gasteiger partial charge on any atom is 0.334 e. The van der Waals surface area contributed by atoms with E-state index in [9.17, 15) is 19.7 Å². The minimum Gasteiger partial charge on any atom is -0.339 e. The predicted molar refractivity (Wildman–Crippen MR) is 87.4 cm³/mol. The number of nitro groups is 1. The summed E-state index contributed by atoms with van der Waals surface area (Å²) in [6, 6.07) is 2.55. The van der Waals surface area contributed by atoms with Gasteiger partial charge < -0.3 is 9.88 Å². The lowest BCUT2D eigenvalue weighted by Gasteiger charge is -2.47. The predicted octanol–water partition coefficient (Wildman–Crippen LogP) is 0.951. The molecule has 8 nitrogen and oxygen atoms in total. The minimum atomic E-state index is -0.757. The quantitative estimate of drug-likeness (QED) is 0.653. The van der Waals surface area contributed by atoms with Crippen LogP contribution >= 0.6 is 0 Å². The third-order valence-electron chi connectivity index (χ3n) is 5.01. The molecule has 0 saturated carbocycles. The number of carbonyl (C=O) groups excluding carboxylic acids is 1. The summed E-state index contributed by atoms with van der Waals surface area (Å²) in [5.41, 5.74) is -1.28. The Hall–Kier alpha value is -2.22. The molecule has 1 aromatic heterocycles. The van der Waals surface area contributed by atoms with Crippen LogP contribution in [0.5, 0.6) is 0 Å². The van der Waals surface area contributed by atoms with Crippen molar-refractivity contribution in [1.29, 1.82) is 0 Å². The molecule has 2 aliphatic heterocycles. The van der Waals surface area contributed by atoms with Crippen LogP contribution in [0, 0.1) is 22.0 Å². The molecule has 3 heterocycles. The highest BCUT2D eigenvalue weighted by Crippen LogP contribution is 2.32. The molecule has 8 heteroatoms. The van der Waals surface area contributed by atoms with Crippen molar-refractivity contribution in [3.8, 4) is 0 Å². The van der Waals surface area contributed by atoms with E-state index in [0.29, 0.717) is 11.8 Å². The summed E-state index contributed by atoms with van der Waals surface area (Å²) in [7, 11) is 0. The summed E-state index contributed by atoms with van der Waals surface area (Å²) in [6.07, 6.45) is 4.87. The second-order valence-electron chi connectivity index (χ2n) is 6.81. The second kappa shape index (κ2) is 6.72. The Morgan fingerprint density at radius 2 is 2.29 bits per heavy atom. The molecule has 0 aliphatic carbocycles. The van der Waals surface area contributed by atoms with Gasteiger partial charge in [-0.3, -0.25) is 24.6 Å². The highest BCUT2D eigenvalue weighted by molar-refractivity contribution is 5.76. The first-order valence-electron chi connectivity index (χ1n) is 8.33. The van der Waals surface area contributed by atoms with Crippen LogP contribution in [-0.2, 0) is 11.3 Å². The summed E-state index contributed by atoms with van der Waals surface area (Å²) in [4.78, 5) is 36.8. The van der Waals surface area contributed by atoms with E-state index in [1.54, 1.807) is 0 Å². The monoisotopic (exact) mass is 334 g/mol. The van der Waals surface area contributed by atoms with Gasteiger partial charge in [0.15, 0.2) is 0 Å². The van der Waals surface area contributed by atoms with Gasteiger partial charge >= 0.3 is 11.2 Å². The number of amides is 1. The highest BCUT2D eigenvalue weighted by Gasteiger charge is 2.36. The molecular weight excluding hydrogens is 312 g/mol. The number of hydrogen-bond acceptors (Lipinski definition) is 5. The van der Waals surface area contributed by atoms with Crippen LogP contribution in [0.4, 0.5) is 5.69 Å². The molecule has 1 amide bonds. The molecule has 1 aromatic rings. The van der Waals surface area contributed by atoms with Crippen LogP contribution in [0.1, 0.15) is 26.2 Å². The van der Waals surface area contributed by atoms with Crippen molar-refractivity contribution in [3.63, 3.8) is 0 Å². The normalized spacial score (nSPS) is 29.0. The molecule has 24 heavy (non-hydrogen) atoms. The van der Waals surface area contributed by atoms with Crippen molar-refractivity contribution in [2.45, 2.75) is 38.9 Å². The molecule has 0 spiro atoms. The summed E-state index contributed by atoms with van der Waals surface area (Å²) in [5.74, 6) is 0.773. The minimum absolute atomic E-state index is 0.0246. The van der Waals surface area contributed by atoms with Gasteiger partial charge in [-0.1, -0.05) is 6.92 Å². The number of pyridine rings is 1. The first kappa shape index (κ1) is 16.6. The largest absolute Gasteiger partial charge is 0.339 e. The van der Waals surface area contributed by atoms with E-state index in [-0.39, 0.29) is 18.6 Å². The van der Waals surface area contributed by atoms with Gasteiger partial charge in [-0.15, -0.1) is 0 Å². The van der Waals surface area contributed by atoms with E-state index >= 15 is 0 Å². The fourth-order valence-electron chi connectivity index (χ4n) is 3.94. The molecule has 4 atom stereocenters. The van der Waals surface area contributed by atoms with Crippen LogP contribution in [-0.4, -0.2) is 39.6 Å². The maximum atomic E-state index is 12.4. The van der Waals surface area contributed by atoms with Gasteiger partial charge in [0.1, 0.15) is 6.54 Å². The molecule has 2 saturated heterocycles. The molecule has 130 valence electrons. The zero-order valence-corrected chi connectivity index (χ0v) is 13.7. The number of carbonyl (C=O) groups is 1. The lowest BCUT2D eigenvalue weighted by atomic mass is 9.82. The highest BCUT2D eigenvalue weighted by atomic mass is 16.6. The van der Waals surface area contributed by atoms with E-state index in [4.69, 9.17) is 0 Å². The number of rotatable bonds is 4. The fourth-order valence-corrected chi connectivity index (χ4v) is 3.94. The molecule has 2 bridgehead atoms. The second-order valence-corrected chi connectivity index (χ2v) is 6.81. The van der Waals surface area contributed by atoms with Crippen molar-refractivity contribution in [2.24, 2.45) is 11.8 Å². The average molecular weight is 334 g/mol. The van der Waals surface area contributed by atoms with Gasteiger partial charge in [0.25, 0.3) is 0 Å². The van der Waals surface area contributed by atoms with Crippen molar-refractivity contribution >= 4 is 11.6 Å². The molecule has 2 aliphatic rings. The molecule has 0 aromatic carbocycles. The fraction of sp³-hybridized carbons (Fsp3) is 0.625. The van der Waals surface area contributed by atoms with E-state index in [0.717, 1.165) is 36.6 Å². The number of nitrogens with zero attached hydrogens (tertiary/aromatic N) is 3. The van der Waals surface area contributed by atoms with Crippen LogP contribution in [0.15, 0.2) is 23.1 Å². The lowest BCUT2D eigenvalue weighted by molar-refractivity contribution is -0.386. The molecule has 2 fully saturated rings. The van der Waals surface area contributed by atoms with Crippen molar-refractivity contribution in [1.82, 2.24) is 14.8 Å². The SMILES string of the molecule is CC1CC2CCCN(C2)C1NC(=O)Cn1cccc([N+](=O)[O-])c1=O. The number of aromatic nitrogens is 1. The van der Waals surface area contributed by atoms with Gasteiger partial charge in [0.2, 0.25) is 5.91 Å². The molecule has 3 rings (SSSR count). The lowest BCUT2D eigenvalue weighted by Crippen LogP contribution is -2.59. The Balaban J connectivity index is 1.69. The topological polar surface area (TPSA) is 97.5 Å².